The molecule has 0 radical (unpaired) electrons. The van der Waals surface area contributed by atoms with Crippen molar-refractivity contribution in [3.63, 3.8) is 0 Å². The predicted octanol–water partition coefficient (Wildman–Crippen LogP) is 2.22. The average Bonchev–Trinajstić information content (AvgIpc) is 2.89. The summed E-state index contributed by atoms with van der Waals surface area (Å²) < 4.78 is 0. The molecule has 0 unspecified atom stereocenters. The van der Waals surface area contributed by atoms with E-state index < -0.39 is 6.04 Å². The number of benzene rings is 1. The Morgan fingerprint density at radius 1 is 1.48 bits per heavy atom. The maximum atomic E-state index is 11.9. The third kappa shape index (κ3) is 4.02. The van der Waals surface area contributed by atoms with E-state index in [1.807, 2.05) is 18.5 Å². The standard InChI is InChI=1S/C16H23N3OS/c1-11-4-3-5-14-15(11)12(10-19-14)6-8-18-16(20)13(17)7-9-21-2/h3-5,10,13,19H,6-9,17H2,1-2H3,(H,18,20)/t13-/m0/s1. The van der Waals surface area contributed by atoms with E-state index in [0.29, 0.717) is 6.54 Å². The Balaban J connectivity index is 1.89. The summed E-state index contributed by atoms with van der Waals surface area (Å²) >= 11 is 1.71. The van der Waals surface area contributed by atoms with Crippen LogP contribution in [0.15, 0.2) is 24.4 Å². The second-order valence-corrected chi connectivity index (χ2v) is 6.23. The number of nitrogens with two attached hydrogens (primary N) is 1. The van der Waals surface area contributed by atoms with Crippen molar-refractivity contribution in [1.82, 2.24) is 10.3 Å². The van der Waals surface area contributed by atoms with Gasteiger partial charge in [-0.3, -0.25) is 4.79 Å². The van der Waals surface area contributed by atoms with Gasteiger partial charge in [0.2, 0.25) is 5.91 Å². The molecule has 0 aliphatic heterocycles. The molecule has 0 aliphatic rings. The van der Waals surface area contributed by atoms with Crippen molar-refractivity contribution in [2.24, 2.45) is 5.73 Å². The van der Waals surface area contributed by atoms with E-state index in [9.17, 15) is 4.79 Å². The molecule has 1 heterocycles. The van der Waals surface area contributed by atoms with Gasteiger partial charge in [-0.05, 0) is 49.0 Å². The molecule has 1 aromatic carbocycles. The van der Waals surface area contributed by atoms with E-state index in [-0.39, 0.29) is 5.91 Å². The molecule has 21 heavy (non-hydrogen) atoms. The van der Waals surface area contributed by atoms with Crippen molar-refractivity contribution in [1.29, 1.82) is 0 Å². The number of H-pyrrole nitrogens is 1. The maximum absolute atomic E-state index is 11.9. The van der Waals surface area contributed by atoms with Gasteiger partial charge in [-0.25, -0.2) is 0 Å². The van der Waals surface area contributed by atoms with Crippen molar-refractivity contribution in [3.05, 3.63) is 35.5 Å². The van der Waals surface area contributed by atoms with Crippen LogP contribution in [0.2, 0.25) is 0 Å². The Labute approximate surface area is 129 Å². The van der Waals surface area contributed by atoms with Gasteiger partial charge in [-0.15, -0.1) is 0 Å². The maximum Gasteiger partial charge on any atom is 0.236 e. The molecule has 0 bridgehead atoms. The molecule has 1 atom stereocenters. The van der Waals surface area contributed by atoms with E-state index in [0.717, 1.165) is 24.1 Å². The topological polar surface area (TPSA) is 70.9 Å². The Hall–Kier alpha value is -1.46. The van der Waals surface area contributed by atoms with Crippen LogP contribution in [0, 0.1) is 6.92 Å². The third-order valence-electron chi connectivity index (χ3n) is 3.66. The van der Waals surface area contributed by atoms with Gasteiger partial charge in [0.05, 0.1) is 6.04 Å². The smallest absolute Gasteiger partial charge is 0.236 e. The molecule has 4 nitrogen and oxygen atoms in total. The van der Waals surface area contributed by atoms with E-state index in [4.69, 9.17) is 5.73 Å². The minimum absolute atomic E-state index is 0.0550. The summed E-state index contributed by atoms with van der Waals surface area (Å²) in [4.78, 5) is 15.1. The Morgan fingerprint density at radius 2 is 2.29 bits per heavy atom. The number of hydrogen-bond donors (Lipinski definition) is 3. The molecular formula is C16H23N3OS. The van der Waals surface area contributed by atoms with Gasteiger partial charge in [-0.2, -0.15) is 11.8 Å². The normalized spacial score (nSPS) is 12.5. The van der Waals surface area contributed by atoms with Crippen LogP contribution in [0.4, 0.5) is 0 Å². The molecule has 0 aliphatic carbocycles. The summed E-state index contributed by atoms with van der Waals surface area (Å²) in [5.41, 5.74) is 9.49. The number of aromatic amines is 1. The SMILES string of the molecule is CSCC[C@H](N)C(=O)NCCc1c[nH]c2cccc(C)c12. The molecule has 0 spiro atoms. The van der Waals surface area contributed by atoms with Gasteiger partial charge in [0.25, 0.3) is 0 Å². The number of hydrogen-bond acceptors (Lipinski definition) is 3. The largest absolute Gasteiger partial charge is 0.361 e. The first-order valence-corrected chi connectivity index (χ1v) is 8.60. The Morgan fingerprint density at radius 3 is 3.05 bits per heavy atom. The number of nitrogens with one attached hydrogen (secondary N) is 2. The average molecular weight is 305 g/mol. The van der Waals surface area contributed by atoms with Gasteiger partial charge >= 0.3 is 0 Å². The van der Waals surface area contributed by atoms with Crippen LogP contribution in [0.3, 0.4) is 0 Å². The number of amides is 1. The van der Waals surface area contributed by atoms with E-state index in [1.165, 1.54) is 16.5 Å². The zero-order valence-electron chi connectivity index (χ0n) is 12.6. The minimum Gasteiger partial charge on any atom is -0.361 e. The molecule has 4 N–H and O–H groups in total. The molecule has 0 fully saturated rings. The molecule has 114 valence electrons. The minimum atomic E-state index is -0.401. The molecule has 2 aromatic rings. The number of thioether (sulfide) groups is 1. The van der Waals surface area contributed by atoms with Crippen molar-refractivity contribution < 1.29 is 4.79 Å². The van der Waals surface area contributed by atoms with E-state index in [2.05, 4.69) is 29.4 Å². The Bertz CT molecular complexity index is 609. The fraction of sp³-hybridized carbons (Fsp3) is 0.438. The lowest BCUT2D eigenvalue weighted by Gasteiger charge is -2.11. The van der Waals surface area contributed by atoms with Crippen LogP contribution < -0.4 is 11.1 Å². The zero-order chi connectivity index (χ0) is 15.2. The molecule has 2 rings (SSSR count). The highest BCUT2D eigenvalue weighted by Gasteiger charge is 2.12. The summed E-state index contributed by atoms with van der Waals surface area (Å²) in [6.45, 7) is 2.73. The summed E-state index contributed by atoms with van der Waals surface area (Å²) in [6, 6.07) is 5.83. The first-order chi connectivity index (χ1) is 10.1. The summed E-state index contributed by atoms with van der Waals surface area (Å²) in [6.07, 6.45) is 5.58. The van der Waals surface area contributed by atoms with Crippen LogP contribution in [0.25, 0.3) is 10.9 Å². The van der Waals surface area contributed by atoms with Gasteiger partial charge in [0.15, 0.2) is 0 Å². The molecule has 1 aromatic heterocycles. The zero-order valence-corrected chi connectivity index (χ0v) is 13.4. The second kappa shape index (κ2) is 7.52. The van der Waals surface area contributed by atoms with Crippen LogP contribution >= 0.6 is 11.8 Å². The first kappa shape index (κ1) is 15.9. The third-order valence-corrected chi connectivity index (χ3v) is 4.30. The Kier molecular flexibility index (Phi) is 5.70. The molecule has 1 amide bonds. The summed E-state index contributed by atoms with van der Waals surface area (Å²) in [7, 11) is 0. The number of aryl methyl sites for hydroxylation is 1. The van der Waals surface area contributed by atoms with E-state index >= 15 is 0 Å². The lowest BCUT2D eigenvalue weighted by atomic mass is 10.1. The predicted molar refractivity (Wildman–Crippen MR) is 90.7 cm³/mol. The fourth-order valence-corrected chi connectivity index (χ4v) is 2.97. The monoisotopic (exact) mass is 305 g/mol. The lowest BCUT2D eigenvalue weighted by molar-refractivity contribution is -0.122. The quantitative estimate of drug-likeness (QED) is 0.734. The summed E-state index contributed by atoms with van der Waals surface area (Å²) in [5, 5.41) is 4.19. The van der Waals surface area contributed by atoms with Crippen molar-refractivity contribution in [3.8, 4) is 0 Å². The molecule has 5 heteroatoms. The van der Waals surface area contributed by atoms with Crippen LogP contribution in [0.1, 0.15) is 17.5 Å². The number of aromatic nitrogens is 1. The van der Waals surface area contributed by atoms with Crippen LogP contribution in [-0.2, 0) is 11.2 Å². The first-order valence-electron chi connectivity index (χ1n) is 7.21. The van der Waals surface area contributed by atoms with Crippen molar-refractivity contribution in [2.75, 3.05) is 18.6 Å². The molecule has 0 saturated carbocycles. The van der Waals surface area contributed by atoms with Gasteiger partial charge < -0.3 is 16.0 Å². The van der Waals surface area contributed by atoms with Crippen molar-refractivity contribution in [2.45, 2.75) is 25.8 Å². The molecule has 0 saturated heterocycles. The number of rotatable bonds is 7. The highest BCUT2D eigenvalue weighted by molar-refractivity contribution is 7.98. The highest BCUT2D eigenvalue weighted by atomic mass is 32.2. The van der Waals surface area contributed by atoms with Gasteiger partial charge in [0, 0.05) is 23.6 Å². The van der Waals surface area contributed by atoms with E-state index in [1.54, 1.807) is 11.8 Å². The fourth-order valence-electron chi connectivity index (χ4n) is 2.48. The van der Waals surface area contributed by atoms with Crippen LogP contribution in [0.5, 0.6) is 0 Å². The van der Waals surface area contributed by atoms with Gasteiger partial charge in [0.1, 0.15) is 0 Å². The molecular weight excluding hydrogens is 282 g/mol. The van der Waals surface area contributed by atoms with Crippen molar-refractivity contribution >= 4 is 28.6 Å². The lowest BCUT2D eigenvalue weighted by Crippen LogP contribution is -2.41. The number of carbonyl (C=O) groups excluding carboxylic acids is 1. The second-order valence-electron chi connectivity index (χ2n) is 5.24. The van der Waals surface area contributed by atoms with Gasteiger partial charge in [-0.1, -0.05) is 12.1 Å². The van der Waals surface area contributed by atoms with Crippen LogP contribution in [-0.4, -0.2) is 35.5 Å². The summed E-state index contributed by atoms with van der Waals surface area (Å²) in [5.74, 6) is 0.858. The number of fused-ring (bicyclic) bond motifs is 1. The number of carbonyl (C=O) groups is 1. The highest BCUT2D eigenvalue weighted by Crippen LogP contribution is 2.22.